The second-order valence-corrected chi connectivity index (χ2v) is 10.9. The average Bonchev–Trinajstić information content (AvgIpc) is 3.08. The Morgan fingerprint density at radius 1 is 0.214 bits per heavy atom. The van der Waals surface area contributed by atoms with E-state index in [0.717, 1.165) is 0 Å². The summed E-state index contributed by atoms with van der Waals surface area (Å²) < 4.78 is 0. The highest BCUT2D eigenvalue weighted by molar-refractivity contribution is 6.13. The molecular formula is C42H28. The Hall–Kier alpha value is -5.46. The first kappa shape index (κ1) is 24.3. The first-order chi connectivity index (χ1) is 20.8. The van der Waals surface area contributed by atoms with Gasteiger partial charge in [-0.1, -0.05) is 164 Å². The van der Waals surface area contributed by atoms with Crippen LogP contribution in [0.3, 0.4) is 0 Å². The van der Waals surface area contributed by atoms with Crippen LogP contribution >= 0.6 is 0 Å². The fourth-order valence-corrected chi connectivity index (χ4v) is 6.41. The summed E-state index contributed by atoms with van der Waals surface area (Å²) in [4.78, 5) is 0. The van der Waals surface area contributed by atoms with Gasteiger partial charge in [0.1, 0.15) is 0 Å². The molecule has 0 unspecified atom stereocenters. The summed E-state index contributed by atoms with van der Waals surface area (Å²) in [5, 5.41) is 7.72. The van der Waals surface area contributed by atoms with Gasteiger partial charge in [-0.05, 0) is 82.9 Å². The molecule has 42 heavy (non-hydrogen) atoms. The summed E-state index contributed by atoms with van der Waals surface area (Å²) in [5.41, 5.74) is 9.96. The zero-order valence-corrected chi connectivity index (χ0v) is 23.2. The van der Waals surface area contributed by atoms with E-state index in [4.69, 9.17) is 0 Å². The van der Waals surface area contributed by atoms with E-state index < -0.39 is 0 Å². The largest absolute Gasteiger partial charge is 0.0622 e. The van der Waals surface area contributed by atoms with E-state index in [0.29, 0.717) is 0 Å². The molecule has 196 valence electrons. The van der Waals surface area contributed by atoms with Gasteiger partial charge in [-0.2, -0.15) is 0 Å². The van der Waals surface area contributed by atoms with E-state index in [2.05, 4.69) is 170 Å². The number of hydrogen-bond donors (Lipinski definition) is 0. The van der Waals surface area contributed by atoms with Gasteiger partial charge in [0.2, 0.25) is 0 Å². The van der Waals surface area contributed by atoms with E-state index in [1.165, 1.54) is 76.8 Å². The summed E-state index contributed by atoms with van der Waals surface area (Å²) >= 11 is 0. The SMILES string of the molecule is c1ccc(-c2cccc3c(-c4ccc(-c5ccc(-c6cc7ccccc7c7ccccc67)cc5)cc4)cccc23)cc1. The van der Waals surface area contributed by atoms with E-state index in [-0.39, 0.29) is 0 Å². The molecular weight excluding hydrogens is 504 g/mol. The zero-order valence-electron chi connectivity index (χ0n) is 23.2. The molecule has 0 aliphatic rings. The number of benzene rings is 8. The molecule has 0 nitrogen and oxygen atoms in total. The molecule has 0 heterocycles. The van der Waals surface area contributed by atoms with E-state index in [9.17, 15) is 0 Å². The van der Waals surface area contributed by atoms with Crippen molar-refractivity contribution < 1.29 is 0 Å². The van der Waals surface area contributed by atoms with Crippen molar-refractivity contribution in [2.75, 3.05) is 0 Å². The van der Waals surface area contributed by atoms with E-state index in [1.807, 2.05) is 0 Å². The van der Waals surface area contributed by atoms with Crippen LogP contribution in [0.1, 0.15) is 0 Å². The van der Waals surface area contributed by atoms with Crippen molar-refractivity contribution in [1.29, 1.82) is 0 Å². The minimum absolute atomic E-state index is 1.22. The van der Waals surface area contributed by atoms with Crippen molar-refractivity contribution in [2.24, 2.45) is 0 Å². The Labute approximate surface area is 246 Å². The average molecular weight is 533 g/mol. The topological polar surface area (TPSA) is 0 Å². The van der Waals surface area contributed by atoms with Crippen molar-refractivity contribution in [2.45, 2.75) is 0 Å². The zero-order chi connectivity index (χ0) is 27.9. The standard InChI is InChI=1S/C42H28/c1-2-10-31(11-3-1)35-16-8-19-40-36(17-9-18-39(35)40)32-24-20-29(21-25-32)30-22-26-33(27-23-30)42-28-34-12-4-5-13-37(34)38-14-6-7-15-41(38)42/h1-28H. The highest BCUT2D eigenvalue weighted by Crippen LogP contribution is 2.37. The third-order valence-corrected chi connectivity index (χ3v) is 8.50. The number of rotatable bonds is 4. The summed E-state index contributed by atoms with van der Waals surface area (Å²) in [6, 6.07) is 61.6. The smallest absolute Gasteiger partial charge is 0.00990 e. The van der Waals surface area contributed by atoms with Crippen LogP contribution in [-0.2, 0) is 0 Å². The molecule has 0 bridgehead atoms. The van der Waals surface area contributed by atoms with Crippen molar-refractivity contribution in [3.05, 3.63) is 170 Å². The van der Waals surface area contributed by atoms with Gasteiger partial charge < -0.3 is 0 Å². The molecule has 0 saturated carbocycles. The molecule has 0 heteroatoms. The monoisotopic (exact) mass is 532 g/mol. The quantitative estimate of drug-likeness (QED) is 0.198. The van der Waals surface area contributed by atoms with Crippen molar-refractivity contribution >= 4 is 32.3 Å². The molecule has 8 rings (SSSR count). The Balaban J connectivity index is 1.14. The summed E-state index contributed by atoms with van der Waals surface area (Å²) in [6.45, 7) is 0. The third kappa shape index (κ3) is 4.17. The lowest BCUT2D eigenvalue weighted by Crippen LogP contribution is -1.86. The molecule has 0 atom stereocenters. The third-order valence-electron chi connectivity index (χ3n) is 8.50. The summed E-state index contributed by atoms with van der Waals surface area (Å²) in [7, 11) is 0. The molecule has 8 aromatic carbocycles. The number of hydrogen-bond acceptors (Lipinski definition) is 0. The highest BCUT2D eigenvalue weighted by Gasteiger charge is 2.11. The van der Waals surface area contributed by atoms with Crippen LogP contribution in [0.4, 0.5) is 0 Å². The minimum Gasteiger partial charge on any atom is -0.0622 e. The van der Waals surface area contributed by atoms with E-state index in [1.54, 1.807) is 0 Å². The van der Waals surface area contributed by atoms with Gasteiger partial charge in [0, 0.05) is 0 Å². The molecule has 0 radical (unpaired) electrons. The molecule has 0 amide bonds. The van der Waals surface area contributed by atoms with Gasteiger partial charge >= 0.3 is 0 Å². The normalized spacial score (nSPS) is 11.3. The lowest BCUT2D eigenvalue weighted by atomic mass is 9.91. The second-order valence-electron chi connectivity index (χ2n) is 10.9. The fraction of sp³-hybridized carbons (Fsp3) is 0. The van der Waals surface area contributed by atoms with Crippen molar-refractivity contribution in [3.63, 3.8) is 0 Å². The maximum absolute atomic E-state index is 2.33. The predicted octanol–water partition coefficient (Wildman–Crippen LogP) is 11.8. The van der Waals surface area contributed by atoms with Crippen LogP contribution in [0.25, 0.3) is 76.8 Å². The molecule has 0 spiro atoms. The Morgan fingerprint density at radius 2 is 0.619 bits per heavy atom. The van der Waals surface area contributed by atoms with Gasteiger partial charge in [0.25, 0.3) is 0 Å². The molecule has 0 aromatic heterocycles. The highest BCUT2D eigenvalue weighted by atomic mass is 14.1. The number of fused-ring (bicyclic) bond motifs is 4. The molecule has 0 aliphatic heterocycles. The van der Waals surface area contributed by atoms with Crippen LogP contribution in [0.15, 0.2) is 170 Å². The molecule has 0 fully saturated rings. The summed E-state index contributed by atoms with van der Waals surface area (Å²) in [5.74, 6) is 0. The van der Waals surface area contributed by atoms with Gasteiger partial charge in [-0.15, -0.1) is 0 Å². The maximum atomic E-state index is 2.33. The van der Waals surface area contributed by atoms with E-state index >= 15 is 0 Å². The first-order valence-corrected chi connectivity index (χ1v) is 14.5. The van der Waals surface area contributed by atoms with Gasteiger partial charge in [-0.3, -0.25) is 0 Å². The van der Waals surface area contributed by atoms with Gasteiger partial charge in [0.15, 0.2) is 0 Å². The van der Waals surface area contributed by atoms with Crippen LogP contribution in [0, 0.1) is 0 Å². The summed E-state index contributed by atoms with van der Waals surface area (Å²) in [6.07, 6.45) is 0. The minimum atomic E-state index is 1.22. The first-order valence-electron chi connectivity index (χ1n) is 14.5. The molecule has 0 aliphatic carbocycles. The van der Waals surface area contributed by atoms with Gasteiger partial charge in [-0.25, -0.2) is 0 Å². The fourth-order valence-electron chi connectivity index (χ4n) is 6.41. The van der Waals surface area contributed by atoms with Crippen LogP contribution in [0.5, 0.6) is 0 Å². The van der Waals surface area contributed by atoms with Crippen molar-refractivity contribution in [3.8, 4) is 44.5 Å². The molecule has 0 N–H and O–H groups in total. The maximum Gasteiger partial charge on any atom is -0.00990 e. The van der Waals surface area contributed by atoms with Crippen LogP contribution < -0.4 is 0 Å². The predicted molar refractivity (Wildman–Crippen MR) is 181 cm³/mol. The van der Waals surface area contributed by atoms with Crippen LogP contribution in [0.2, 0.25) is 0 Å². The lowest BCUT2D eigenvalue weighted by molar-refractivity contribution is 1.59. The van der Waals surface area contributed by atoms with Crippen molar-refractivity contribution in [1.82, 2.24) is 0 Å². The Kier molecular flexibility index (Phi) is 5.90. The Bertz CT molecular complexity index is 2200. The van der Waals surface area contributed by atoms with Crippen LogP contribution in [-0.4, -0.2) is 0 Å². The molecule has 8 aromatic rings. The lowest BCUT2D eigenvalue weighted by Gasteiger charge is -2.13. The Morgan fingerprint density at radius 3 is 1.24 bits per heavy atom. The second kappa shape index (κ2) is 10.2. The van der Waals surface area contributed by atoms with Gasteiger partial charge in [0.05, 0.1) is 0 Å². The molecule has 0 saturated heterocycles.